The van der Waals surface area contributed by atoms with Crippen LogP contribution in [-0.2, 0) is 0 Å². The predicted molar refractivity (Wildman–Crippen MR) is 84.0 cm³/mol. The van der Waals surface area contributed by atoms with Crippen molar-refractivity contribution in [2.75, 3.05) is 19.6 Å². The summed E-state index contributed by atoms with van der Waals surface area (Å²) < 4.78 is 10.3. The number of anilines is 1. The van der Waals surface area contributed by atoms with E-state index in [1.807, 2.05) is 0 Å². The maximum absolute atomic E-state index is 8.80. The van der Waals surface area contributed by atoms with Crippen LogP contribution in [0.3, 0.4) is 0 Å². The number of nitrogens with one attached hydrogen (secondary N) is 2. The quantitative estimate of drug-likeness (QED) is 0.260. The van der Waals surface area contributed by atoms with Gasteiger partial charge in [-0.1, -0.05) is 12.2 Å². The maximum Gasteiger partial charge on any atom is 0.201 e. The summed E-state index contributed by atoms with van der Waals surface area (Å²) in [5, 5.41) is 19.7. The zero-order chi connectivity index (χ0) is 16.0. The third kappa shape index (κ3) is 3.80. The average Bonchev–Trinajstić information content (AvgIpc) is 2.46. The van der Waals surface area contributed by atoms with E-state index < -0.39 is 5.84 Å². The molecule has 0 bridgehead atoms. The molecule has 0 aliphatic carbocycles. The van der Waals surface area contributed by atoms with E-state index >= 15 is 0 Å². The molecule has 0 unspecified atom stereocenters. The molecule has 1 aromatic rings. The van der Waals surface area contributed by atoms with Crippen molar-refractivity contribution in [3.8, 4) is 17.6 Å². The highest BCUT2D eigenvalue weighted by atomic mass is 32.1. The van der Waals surface area contributed by atoms with Gasteiger partial charge in [0.05, 0.1) is 19.9 Å². The van der Waals surface area contributed by atoms with Gasteiger partial charge in [-0.2, -0.15) is 10.4 Å². The summed E-state index contributed by atoms with van der Waals surface area (Å²) in [5.74, 6) is 0.417. The third-order valence-corrected chi connectivity index (χ3v) is 2.66. The average molecular weight is 306 g/mol. The Bertz CT molecular complexity index is 650. The van der Waals surface area contributed by atoms with E-state index in [4.69, 9.17) is 43.8 Å². The van der Waals surface area contributed by atoms with Gasteiger partial charge in [-0.3, -0.25) is 10.8 Å². The smallest absolute Gasteiger partial charge is 0.201 e. The zero-order valence-corrected chi connectivity index (χ0v) is 12.2. The molecular weight excluding hydrogens is 292 g/mol. The normalized spacial score (nSPS) is 10.4. The number of nitriles is 1. The molecule has 0 spiro atoms. The summed E-state index contributed by atoms with van der Waals surface area (Å²) in [7, 11) is 2.96. The minimum atomic E-state index is -0.456. The van der Waals surface area contributed by atoms with Crippen molar-refractivity contribution in [1.29, 1.82) is 10.7 Å². The van der Waals surface area contributed by atoms with Crippen LogP contribution in [0.1, 0.15) is 5.56 Å². The van der Waals surface area contributed by atoms with Crippen LogP contribution >= 0.6 is 12.2 Å². The van der Waals surface area contributed by atoms with Crippen molar-refractivity contribution in [2.45, 2.75) is 0 Å². The summed E-state index contributed by atoms with van der Waals surface area (Å²) >= 11 is 4.96. The van der Waals surface area contributed by atoms with Crippen LogP contribution in [0.2, 0.25) is 0 Å². The first-order chi connectivity index (χ1) is 9.94. The van der Waals surface area contributed by atoms with E-state index in [1.165, 1.54) is 14.2 Å². The molecule has 0 amide bonds. The molecule has 0 heterocycles. The van der Waals surface area contributed by atoms with Gasteiger partial charge in [-0.05, 0) is 6.07 Å². The van der Waals surface area contributed by atoms with Crippen LogP contribution in [0.4, 0.5) is 5.69 Å². The Morgan fingerprint density at radius 1 is 1.33 bits per heavy atom. The molecule has 21 heavy (non-hydrogen) atoms. The maximum atomic E-state index is 8.80. The lowest BCUT2D eigenvalue weighted by Crippen LogP contribution is -2.22. The van der Waals surface area contributed by atoms with E-state index in [1.54, 1.807) is 18.2 Å². The molecule has 0 aliphatic rings. The lowest BCUT2D eigenvalue weighted by atomic mass is 10.1. The second-order valence-corrected chi connectivity index (χ2v) is 4.15. The van der Waals surface area contributed by atoms with Crippen molar-refractivity contribution in [1.82, 2.24) is 0 Å². The Morgan fingerprint density at radius 3 is 2.33 bits per heavy atom. The second-order valence-electron chi connectivity index (χ2n) is 3.71. The van der Waals surface area contributed by atoms with Crippen LogP contribution in [0.25, 0.3) is 0 Å². The van der Waals surface area contributed by atoms with E-state index in [0.29, 0.717) is 22.7 Å². The third-order valence-electron chi connectivity index (χ3n) is 2.44. The van der Waals surface area contributed by atoms with E-state index in [2.05, 4.69) is 10.5 Å². The molecule has 0 atom stereocenters. The molecule has 0 saturated heterocycles. The zero-order valence-electron chi connectivity index (χ0n) is 11.4. The Hall–Kier alpha value is -2.86. The standard InChI is InChI=1S/C12H14N6O2S/c1-19-9-3-6(12(16)21)7(4-10(9)20-2)17-18-8(5-13)11(14)15/h3-4,17H,1-2H3,(H3,14,15)(H2,16,21)/b18-8+. The number of thiocarbonyl (C=S) groups is 1. The van der Waals surface area contributed by atoms with Gasteiger partial charge >= 0.3 is 0 Å². The Labute approximate surface area is 126 Å². The van der Waals surface area contributed by atoms with Gasteiger partial charge in [0, 0.05) is 11.6 Å². The highest BCUT2D eigenvalue weighted by Crippen LogP contribution is 2.33. The number of nitrogens with zero attached hydrogens (tertiary/aromatic N) is 2. The van der Waals surface area contributed by atoms with Gasteiger partial charge in [0.1, 0.15) is 11.1 Å². The molecule has 8 nitrogen and oxygen atoms in total. The van der Waals surface area contributed by atoms with Crippen molar-refractivity contribution in [2.24, 2.45) is 16.6 Å². The minimum absolute atomic E-state index is 0.106. The minimum Gasteiger partial charge on any atom is -0.493 e. The van der Waals surface area contributed by atoms with Gasteiger partial charge in [-0.15, -0.1) is 0 Å². The number of amidine groups is 1. The molecule has 1 aromatic carbocycles. The lowest BCUT2D eigenvalue weighted by Gasteiger charge is -2.13. The summed E-state index contributed by atoms with van der Waals surface area (Å²) in [6.07, 6.45) is 0. The Kier molecular flexibility index (Phi) is 5.45. The van der Waals surface area contributed by atoms with E-state index in [0.717, 1.165) is 0 Å². The van der Waals surface area contributed by atoms with E-state index in [9.17, 15) is 0 Å². The summed E-state index contributed by atoms with van der Waals surface area (Å²) in [5.41, 5.74) is 14.0. The number of hydrazone groups is 1. The molecule has 6 N–H and O–H groups in total. The fourth-order valence-corrected chi connectivity index (χ4v) is 1.61. The van der Waals surface area contributed by atoms with Crippen LogP contribution < -0.4 is 26.4 Å². The second kappa shape index (κ2) is 7.06. The number of hydrogen-bond acceptors (Lipinski definition) is 7. The molecule has 0 radical (unpaired) electrons. The van der Waals surface area contributed by atoms with Gasteiger partial charge in [0.25, 0.3) is 0 Å². The van der Waals surface area contributed by atoms with Crippen molar-refractivity contribution < 1.29 is 9.47 Å². The number of ether oxygens (including phenoxy) is 2. The van der Waals surface area contributed by atoms with Crippen LogP contribution in [0.15, 0.2) is 17.2 Å². The van der Waals surface area contributed by atoms with Crippen molar-refractivity contribution >= 4 is 34.4 Å². The SMILES string of the molecule is COc1cc(N/N=C(\C#N)C(=N)N)c(C(N)=S)cc1OC. The number of rotatable bonds is 6. The lowest BCUT2D eigenvalue weighted by molar-refractivity contribution is 0.355. The highest BCUT2D eigenvalue weighted by Gasteiger charge is 2.13. The molecule has 0 fully saturated rings. The number of hydrogen-bond donors (Lipinski definition) is 4. The van der Waals surface area contributed by atoms with Crippen LogP contribution in [-0.4, -0.2) is 30.8 Å². The Balaban J connectivity index is 3.31. The number of methoxy groups -OCH3 is 2. The van der Waals surface area contributed by atoms with Gasteiger partial charge in [0.15, 0.2) is 17.3 Å². The molecular formula is C12H14N6O2S. The monoisotopic (exact) mass is 306 g/mol. The largest absolute Gasteiger partial charge is 0.493 e. The van der Waals surface area contributed by atoms with Crippen LogP contribution in [0, 0.1) is 16.7 Å². The van der Waals surface area contributed by atoms with Crippen molar-refractivity contribution in [3.63, 3.8) is 0 Å². The van der Waals surface area contributed by atoms with Crippen LogP contribution in [0.5, 0.6) is 11.5 Å². The molecule has 9 heteroatoms. The molecule has 0 aliphatic heterocycles. The summed E-state index contributed by atoms with van der Waals surface area (Å²) in [4.78, 5) is 0.106. The molecule has 110 valence electrons. The number of benzene rings is 1. The highest BCUT2D eigenvalue weighted by molar-refractivity contribution is 7.80. The summed E-state index contributed by atoms with van der Waals surface area (Å²) in [6.45, 7) is 0. The molecule has 0 aromatic heterocycles. The first-order valence-electron chi connectivity index (χ1n) is 5.58. The fourth-order valence-electron chi connectivity index (χ4n) is 1.44. The Morgan fingerprint density at radius 2 is 1.90 bits per heavy atom. The molecule has 0 saturated carbocycles. The fraction of sp³-hybridized carbons (Fsp3) is 0.167. The van der Waals surface area contributed by atoms with E-state index in [-0.39, 0.29) is 10.7 Å². The van der Waals surface area contributed by atoms with Crippen molar-refractivity contribution in [3.05, 3.63) is 17.7 Å². The first kappa shape index (κ1) is 16.2. The summed E-state index contributed by atoms with van der Waals surface area (Å²) in [6, 6.07) is 4.83. The topological polar surface area (TPSA) is 143 Å². The first-order valence-corrected chi connectivity index (χ1v) is 5.99. The number of nitrogens with two attached hydrogens (primary N) is 2. The predicted octanol–water partition coefficient (Wildman–Crippen LogP) is 0.565. The van der Waals surface area contributed by atoms with Gasteiger partial charge in [-0.25, -0.2) is 0 Å². The van der Waals surface area contributed by atoms with Gasteiger partial charge < -0.3 is 20.9 Å². The molecule has 1 rings (SSSR count). The van der Waals surface area contributed by atoms with Gasteiger partial charge in [0.2, 0.25) is 5.71 Å².